The van der Waals surface area contributed by atoms with E-state index in [1.165, 1.54) is 0 Å². The maximum absolute atomic E-state index is 2.68. The first-order valence-corrected chi connectivity index (χ1v) is 1.41. The molecule has 0 aromatic carbocycles. The third-order valence-corrected chi connectivity index (χ3v) is 0.394. The first kappa shape index (κ1) is 2.33. The van der Waals surface area contributed by atoms with Crippen LogP contribution in [0.5, 0.6) is 0 Å². The molecule has 0 radical (unpaired) electrons. The second kappa shape index (κ2) is 0.800. The molecular weight excluding hydrogens is 60.1 g/mol. The van der Waals surface area contributed by atoms with E-state index in [2.05, 4.69) is 17.2 Å². The molecule has 0 aromatic heterocycles. The van der Waals surface area contributed by atoms with Crippen molar-refractivity contribution in [2.24, 2.45) is 0 Å². The normalized spacial score (nSPS) is 11.2. The van der Waals surface area contributed by atoms with Crippen LogP contribution in [0, 0.1) is 0 Å². The summed E-state index contributed by atoms with van der Waals surface area (Å²) in [7, 11) is 0. The molecule has 22 valence electrons. The Morgan fingerprint density at radius 3 is 1.80 bits per heavy atom. The highest BCUT2D eigenvalue weighted by atomic mass is 13.6. The summed E-state index contributed by atoms with van der Waals surface area (Å²) in [5.41, 5.74) is 7.97. The van der Waals surface area contributed by atoms with Gasteiger partial charge in [0.05, 0.1) is 0 Å². The first-order valence-electron chi connectivity index (χ1n) is 1.41. The van der Waals surface area contributed by atoms with Crippen molar-refractivity contribution < 1.29 is 0 Å². The lowest BCUT2D eigenvalue weighted by Crippen LogP contribution is -1.21. The van der Waals surface area contributed by atoms with Gasteiger partial charge in [0.25, 0.3) is 0 Å². The van der Waals surface area contributed by atoms with Gasteiger partial charge in [0.1, 0.15) is 0 Å². The third kappa shape index (κ3) is 0.216. The van der Waals surface area contributed by atoms with E-state index in [1.807, 2.05) is 0 Å². The van der Waals surface area contributed by atoms with Gasteiger partial charge in [-0.2, -0.15) is 0 Å². The molecule has 1 rings (SSSR count). The van der Waals surface area contributed by atoms with Crippen LogP contribution in [0.25, 0.3) is 0 Å². The van der Waals surface area contributed by atoms with Crippen LogP contribution in [-0.2, 0) is 0 Å². The van der Waals surface area contributed by atoms with Gasteiger partial charge in [0, 0.05) is 0 Å². The molecule has 0 N–H and O–H groups in total. The zero-order valence-corrected chi connectivity index (χ0v) is 2.65. The SMILES string of the molecule is C1=C=CC=C=1. The minimum absolute atomic E-state index is 1.76. The molecule has 0 nitrogen and oxygen atoms in total. The zero-order valence-electron chi connectivity index (χ0n) is 2.65. The van der Waals surface area contributed by atoms with E-state index in [0.29, 0.717) is 0 Å². The largest absolute Gasteiger partial charge is 0.0608 e. The highest BCUT2D eigenvalue weighted by molar-refractivity contribution is 5.07. The Morgan fingerprint density at radius 1 is 1.00 bits per heavy atom. The van der Waals surface area contributed by atoms with Crippen molar-refractivity contribution in [1.29, 1.82) is 0 Å². The van der Waals surface area contributed by atoms with Gasteiger partial charge in [-0.15, -0.1) is 0 Å². The van der Waals surface area contributed by atoms with Crippen LogP contribution in [0.2, 0.25) is 0 Å². The van der Waals surface area contributed by atoms with Crippen LogP contribution in [0.3, 0.4) is 0 Å². The van der Waals surface area contributed by atoms with Crippen LogP contribution in [0.4, 0.5) is 0 Å². The van der Waals surface area contributed by atoms with Crippen molar-refractivity contribution >= 4 is 0 Å². The molecule has 1 aliphatic rings. The number of rotatable bonds is 0. The Kier molecular flexibility index (Phi) is 0.372. The molecular formula is C5H2. The van der Waals surface area contributed by atoms with Gasteiger partial charge in [0.2, 0.25) is 0 Å². The van der Waals surface area contributed by atoms with E-state index in [0.717, 1.165) is 0 Å². The summed E-state index contributed by atoms with van der Waals surface area (Å²) in [5.74, 6) is 0. The van der Waals surface area contributed by atoms with Crippen LogP contribution in [-0.4, -0.2) is 0 Å². The summed E-state index contributed by atoms with van der Waals surface area (Å²) in [6.07, 6.45) is 3.53. The Labute approximate surface area is 30.4 Å². The highest BCUT2D eigenvalue weighted by Gasteiger charge is 1.53. The molecule has 0 bridgehead atoms. The second-order valence-electron chi connectivity index (χ2n) is 0.747. The number of hydrogen-bond acceptors (Lipinski definition) is 0. The summed E-state index contributed by atoms with van der Waals surface area (Å²) in [6, 6.07) is 0. The average Bonchev–Trinajstić information content (AvgIpc) is 1.76. The Bertz CT molecular complexity index is 129. The van der Waals surface area contributed by atoms with Crippen LogP contribution < -0.4 is 0 Å². The summed E-state index contributed by atoms with van der Waals surface area (Å²) < 4.78 is 0. The topological polar surface area (TPSA) is 0 Å². The quantitative estimate of drug-likeness (QED) is 0.367. The fraction of sp³-hybridized carbons (Fsp3) is 0. The minimum Gasteiger partial charge on any atom is -0.0608 e. The van der Waals surface area contributed by atoms with E-state index in [9.17, 15) is 0 Å². The Hall–Kier alpha value is -0.920. The van der Waals surface area contributed by atoms with Gasteiger partial charge in [0.15, 0.2) is 0 Å². The van der Waals surface area contributed by atoms with Crippen LogP contribution in [0.1, 0.15) is 0 Å². The molecule has 0 saturated carbocycles. The summed E-state index contributed by atoms with van der Waals surface area (Å²) in [4.78, 5) is 0. The van der Waals surface area contributed by atoms with Crippen molar-refractivity contribution in [2.75, 3.05) is 0 Å². The van der Waals surface area contributed by atoms with Gasteiger partial charge < -0.3 is 0 Å². The second-order valence-corrected chi connectivity index (χ2v) is 0.747. The van der Waals surface area contributed by atoms with Crippen molar-refractivity contribution in [3.8, 4) is 0 Å². The molecule has 0 amide bonds. The van der Waals surface area contributed by atoms with Crippen molar-refractivity contribution in [2.45, 2.75) is 0 Å². The van der Waals surface area contributed by atoms with Gasteiger partial charge in [-0.1, -0.05) is 11.5 Å². The van der Waals surface area contributed by atoms with Gasteiger partial charge in [-0.25, -0.2) is 0 Å². The number of hydrogen-bond donors (Lipinski definition) is 0. The van der Waals surface area contributed by atoms with E-state index >= 15 is 0 Å². The molecule has 0 saturated heterocycles. The van der Waals surface area contributed by atoms with Crippen molar-refractivity contribution in [1.82, 2.24) is 0 Å². The maximum atomic E-state index is 2.68. The Morgan fingerprint density at radius 2 is 1.60 bits per heavy atom. The predicted molar refractivity (Wildman–Crippen MR) is 19.7 cm³/mol. The molecule has 0 heteroatoms. The molecule has 0 unspecified atom stereocenters. The molecule has 0 aliphatic heterocycles. The van der Waals surface area contributed by atoms with E-state index < -0.39 is 0 Å². The molecule has 0 fully saturated rings. The predicted octanol–water partition coefficient (Wildman–Crippen LogP) is 1.02. The van der Waals surface area contributed by atoms with E-state index in [4.69, 9.17) is 0 Å². The lowest BCUT2D eigenvalue weighted by atomic mass is 10.6. The van der Waals surface area contributed by atoms with Crippen molar-refractivity contribution in [3.05, 3.63) is 29.3 Å². The fourth-order valence-corrected chi connectivity index (χ4v) is 0.208. The van der Waals surface area contributed by atoms with Crippen LogP contribution >= 0.6 is 0 Å². The molecule has 0 atom stereocenters. The van der Waals surface area contributed by atoms with E-state index in [1.54, 1.807) is 12.2 Å². The van der Waals surface area contributed by atoms with Gasteiger partial charge >= 0.3 is 0 Å². The van der Waals surface area contributed by atoms with Gasteiger partial charge in [-0.05, 0) is 17.9 Å². The summed E-state index contributed by atoms with van der Waals surface area (Å²) >= 11 is 0. The molecule has 0 spiro atoms. The van der Waals surface area contributed by atoms with E-state index in [-0.39, 0.29) is 0 Å². The lowest BCUT2D eigenvalue weighted by molar-refractivity contribution is 2.15. The third-order valence-electron chi connectivity index (χ3n) is 0.394. The molecule has 1 aliphatic carbocycles. The van der Waals surface area contributed by atoms with Gasteiger partial charge in [-0.3, -0.25) is 0 Å². The fourth-order valence-electron chi connectivity index (χ4n) is 0.208. The monoisotopic (exact) mass is 62.0 g/mol. The number of allylic oxidation sites excluding steroid dienone is 2. The molecule has 0 aromatic rings. The maximum Gasteiger partial charge on any atom is -0.00248 e. The smallest absolute Gasteiger partial charge is 0.00248 e. The summed E-state index contributed by atoms with van der Waals surface area (Å²) in [5, 5.41) is 0. The standard InChI is InChI=1S/C5H2/c1-2-4-5-3-1/h1-2H. The minimum atomic E-state index is 1.76. The highest BCUT2D eigenvalue weighted by Crippen LogP contribution is 1.71. The Balaban J connectivity index is 3.50. The average molecular weight is 62.1 g/mol. The zero-order chi connectivity index (χ0) is 3.54. The van der Waals surface area contributed by atoms with Crippen LogP contribution in [0.15, 0.2) is 29.3 Å². The lowest BCUT2D eigenvalue weighted by Gasteiger charge is -1.38. The molecule has 5 heavy (non-hydrogen) atoms. The first-order chi connectivity index (χ1) is 2.50. The molecule has 0 heterocycles. The summed E-state index contributed by atoms with van der Waals surface area (Å²) in [6.45, 7) is 0. The van der Waals surface area contributed by atoms with Crippen molar-refractivity contribution in [3.63, 3.8) is 0 Å².